The molecule has 0 heteroatoms. The van der Waals surface area contributed by atoms with Crippen LogP contribution in [-0.4, -0.2) is 0 Å². The molecule has 0 fully saturated rings. The Bertz CT molecular complexity index is 72.1. The van der Waals surface area contributed by atoms with E-state index in [0.717, 1.165) is 0 Å². The molecule has 11 heavy (non-hydrogen) atoms. The lowest BCUT2D eigenvalue weighted by Crippen LogP contribution is -1.71. The van der Waals surface area contributed by atoms with Gasteiger partial charge in [-0.25, -0.2) is 0 Å². The first-order valence-corrected chi connectivity index (χ1v) is 4.51. The van der Waals surface area contributed by atoms with Crippen molar-refractivity contribution >= 4 is 0 Å². The third-order valence-electron chi connectivity index (χ3n) is 1.26. The Kier molecular flexibility index (Phi) is 19.3. The van der Waals surface area contributed by atoms with Crippen molar-refractivity contribution in [2.45, 2.75) is 46.0 Å². The zero-order valence-corrected chi connectivity index (χ0v) is 8.10. The molecular weight excluding hydrogens is 132 g/mol. The van der Waals surface area contributed by atoms with Crippen molar-refractivity contribution in [2.24, 2.45) is 0 Å². The summed E-state index contributed by atoms with van der Waals surface area (Å²) in [6.07, 6.45) is 10.4. The summed E-state index contributed by atoms with van der Waals surface area (Å²) >= 11 is 0. The zero-order chi connectivity index (χ0) is 8.95. The average molecular weight is 154 g/mol. The lowest BCUT2D eigenvalue weighted by Gasteiger charge is -1.91. The fourth-order valence-corrected chi connectivity index (χ4v) is 0.715. The molecule has 0 atom stereocenters. The summed E-state index contributed by atoms with van der Waals surface area (Å²) in [4.78, 5) is 0. The van der Waals surface area contributed by atoms with Crippen LogP contribution in [0.1, 0.15) is 46.0 Å². The highest BCUT2D eigenvalue weighted by molar-refractivity contribution is 4.64. The lowest BCUT2D eigenvalue weighted by molar-refractivity contribution is 0.675. The van der Waals surface area contributed by atoms with E-state index in [0.29, 0.717) is 0 Å². The maximum atomic E-state index is 3.66. The van der Waals surface area contributed by atoms with E-state index in [1.165, 1.54) is 32.1 Å². The van der Waals surface area contributed by atoms with Gasteiger partial charge in [-0.2, -0.15) is 0 Å². The molecule has 0 aliphatic heterocycles. The molecule has 0 nitrogen and oxygen atoms in total. The van der Waals surface area contributed by atoms with Gasteiger partial charge in [-0.15, -0.1) is 13.2 Å². The van der Waals surface area contributed by atoms with Gasteiger partial charge in [0.15, 0.2) is 0 Å². The summed E-state index contributed by atoms with van der Waals surface area (Å²) in [5.41, 5.74) is 0. The van der Waals surface area contributed by atoms with E-state index in [1.54, 1.807) is 6.08 Å². The number of unbranched alkanes of at least 4 members (excludes halogenated alkanes) is 4. The van der Waals surface area contributed by atoms with Gasteiger partial charge >= 0.3 is 0 Å². The predicted octanol–water partition coefficient (Wildman–Crippen LogP) is 4.34. The molecule has 0 aliphatic rings. The van der Waals surface area contributed by atoms with Crippen LogP contribution < -0.4 is 0 Å². The third kappa shape index (κ3) is 26.4. The van der Waals surface area contributed by atoms with Crippen LogP contribution in [-0.2, 0) is 0 Å². The standard InChI is InChI=1S/C8H16.C3H6/c1-3-5-7-8-6-4-2;1-3-2/h3H,1,4-8H2,2H3;3H,1H2,2H3. The van der Waals surface area contributed by atoms with Crippen LogP contribution in [0.4, 0.5) is 0 Å². The summed E-state index contributed by atoms with van der Waals surface area (Å²) in [5.74, 6) is 0. The molecule has 0 aromatic carbocycles. The van der Waals surface area contributed by atoms with E-state index >= 15 is 0 Å². The van der Waals surface area contributed by atoms with Crippen molar-refractivity contribution in [1.82, 2.24) is 0 Å². The van der Waals surface area contributed by atoms with Crippen molar-refractivity contribution in [1.29, 1.82) is 0 Å². The van der Waals surface area contributed by atoms with E-state index in [9.17, 15) is 0 Å². The van der Waals surface area contributed by atoms with Gasteiger partial charge in [0, 0.05) is 0 Å². The SMILES string of the molecule is C=CC.C=CCCCCCC. The van der Waals surface area contributed by atoms with Gasteiger partial charge in [-0.3, -0.25) is 0 Å². The molecule has 0 aliphatic carbocycles. The van der Waals surface area contributed by atoms with Gasteiger partial charge in [-0.05, 0) is 19.8 Å². The minimum Gasteiger partial charge on any atom is -0.103 e. The molecular formula is C11H22. The largest absolute Gasteiger partial charge is 0.103 e. The molecule has 66 valence electrons. The maximum Gasteiger partial charge on any atom is -0.0353 e. The second-order valence-corrected chi connectivity index (χ2v) is 2.55. The Morgan fingerprint density at radius 1 is 1.09 bits per heavy atom. The van der Waals surface area contributed by atoms with E-state index in [-0.39, 0.29) is 0 Å². The van der Waals surface area contributed by atoms with E-state index in [2.05, 4.69) is 20.1 Å². The summed E-state index contributed by atoms with van der Waals surface area (Å²) in [7, 11) is 0. The summed E-state index contributed by atoms with van der Waals surface area (Å²) in [5, 5.41) is 0. The topological polar surface area (TPSA) is 0 Å². The lowest BCUT2D eigenvalue weighted by atomic mass is 10.2. The number of hydrogen-bond acceptors (Lipinski definition) is 0. The van der Waals surface area contributed by atoms with Crippen molar-refractivity contribution in [2.75, 3.05) is 0 Å². The minimum absolute atomic E-state index is 1.19. The Morgan fingerprint density at radius 2 is 1.64 bits per heavy atom. The molecule has 0 unspecified atom stereocenters. The van der Waals surface area contributed by atoms with E-state index in [4.69, 9.17) is 0 Å². The Hall–Kier alpha value is -0.520. The third-order valence-corrected chi connectivity index (χ3v) is 1.26. The normalized spacial score (nSPS) is 7.82. The molecule has 0 saturated heterocycles. The summed E-state index contributed by atoms with van der Waals surface area (Å²) in [6.45, 7) is 11.1. The summed E-state index contributed by atoms with van der Waals surface area (Å²) in [6, 6.07) is 0. The van der Waals surface area contributed by atoms with Crippen molar-refractivity contribution < 1.29 is 0 Å². The quantitative estimate of drug-likeness (QED) is 0.408. The summed E-state index contributed by atoms with van der Waals surface area (Å²) < 4.78 is 0. The Balaban J connectivity index is 0. The Labute approximate surface area is 72.0 Å². The molecule has 0 saturated carbocycles. The van der Waals surface area contributed by atoms with Crippen molar-refractivity contribution in [3.63, 3.8) is 0 Å². The highest BCUT2D eigenvalue weighted by atomic mass is 13.9. The van der Waals surface area contributed by atoms with Gasteiger partial charge in [0.05, 0.1) is 0 Å². The fourth-order valence-electron chi connectivity index (χ4n) is 0.715. The zero-order valence-electron chi connectivity index (χ0n) is 8.10. The molecule has 0 heterocycles. The molecule has 0 aromatic rings. The van der Waals surface area contributed by atoms with Gasteiger partial charge in [0.25, 0.3) is 0 Å². The smallest absolute Gasteiger partial charge is 0.0353 e. The van der Waals surface area contributed by atoms with Crippen LogP contribution in [0.25, 0.3) is 0 Å². The Morgan fingerprint density at radius 3 is 2.00 bits per heavy atom. The molecule has 0 radical (unpaired) electrons. The van der Waals surface area contributed by atoms with Crippen molar-refractivity contribution in [3.05, 3.63) is 25.3 Å². The number of allylic oxidation sites excluding steroid dienone is 2. The molecule has 0 spiro atoms. The number of hydrogen-bond donors (Lipinski definition) is 0. The van der Waals surface area contributed by atoms with Crippen LogP contribution in [0.15, 0.2) is 25.3 Å². The highest BCUT2D eigenvalue weighted by Gasteiger charge is 1.81. The van der Waals surface area contributed by atoms with Crippen LogP contribution in [0, 0.1) is 0 Å². The van der Waals surface area contributed by atoms with Crippen LogP contribution in [0.5, 0.6) is 0 Å². The van der Waals surface area contributed by atoms with Gasteiger partial charge < -0.3 is 0 Å². The highest BCUT2D eigenvalue weighted by Crippen LogP contribution is 2.01. The van der Waals surface area contributed by atoms with Gasteiger partial charge in [0.2, 0.25) is 0 Å². The van der Waals surface area contributed by atoms with Crippen LogP contribution in [0.3, 0.4) is 0 Å². The minimum atomic E-state index is 1.19. The molecule has 0 aromatic heterocycles. The first-order chi connectivity index (χ1) is 5.33. The second-order valence-electron chi connectivity index (χ2n) is 2.55. The predicted molar refractivity (Wildman–Crippen MR) is 54.8 cm³/mol. The first-order valence-electron chi connectivity index (χ1n) is 4.51. The van der Waals surface area contributed by atoms with Gasteiger partial charge in [0.1, 0.15) is 0 Å². The molecule has 0 rings (SSSR count). The van der Waals surface area contributed by atoms with Crippen LogP contribution >= 0.6 is 0 Å². The second kappa shape index (κ2) is 16.2. The number of rotatable bonds is 5. The molecule has 0 bridgehead atoms. The monoisotopic (exact) mass is 154 g/mol. The average Bonchev–Trinajstić information content (AvgIpc) is 2.00. The van der Waals surface area contributed by atoms with E-state index in [1.807, 2.05) is 13.0 Å². The first kappa shape index (κ1) is 13.1. The molecule has 0 N–H and O–H groups in total. The van der Waals surface area contributed by atoms with Gasteiger partial charge in [-0.1, -0.05) is 38.3 Å². The molecule has 0 amide bonds. The van der Waals surface area contributed by atoms with E-state index < -0.39 is 0 Å². The fraction of sp³-hybridized carbons (Fsp3) is 0.636. The maximum absolute atomic E-state index is 3.66. The van der Waals surface area contributed by atoms with Crippen molar-refractivity contribution in [3.8, 4) is 0 Å². The van der Waals surface area contributed by atoms with Crippen LogP contribution in [0.2, 0.25) is 0 Å².